The van der Waals surface area contributed by atoms with E-state index >= 15 is 0 Å². The number of anilines is 1. The maximum atomic E-state index is 13.1. The standard InChI is InChI=1S/C18H20ClF3N2O2/c19-11-5-6-15(14(9-11)18(20,21)22)23-16(25)12-10-13(12)17(26)24-7-3-1-2-4-8-24/h5-6,9,12-13H,1-4,7-8,10H2,(H,23,25). The van der Waals surface area contributed by atoms with Crippen molar-refractivity contribution in [2.24, 2.45) is 11.8 Å². The summed E-state index contributed by atoms with van der Waals surface area (Å²) >= 11 is 5.64. The Kier molecular flexibility index (Phi) is 5.46. The molecule has 142 valence electrons. The van der Waals surface area contributed by atoms with Crippen LogP contribution < -0.4 is 5.32 Å². The van der Waals surface area contributed by atoms with Gasteiger partial charge in [-0.15, -0.1) is 0 Å². The number of halogens is 4. The summed E-state index contributed by atoms with van der Waals surface area (Å²) in [5.74, 6) is -1.59. The topological polar surface area (TPSA) is 49.4 Å². The van der Waals surface area contributed by atoms with Crippen molar-refractivity contribution in [3.8, 4) is 0 Å². The van der Waals surface area contributed by atoms with E-state index < -0.39 is 29.5 Å². The Morgan fingerprint density at radius 1 is 1.08 bits per heavy atom. The Morgan fingerprint density at radius 3 is 2.35 bits per heavy atom. The highest BCUT2D eigenvalue weighted by Gasteiger charge is 2.49. The molecule has 1 aromatic rings. The summed E-state index contributed by atoms with van der Waals surface area (Å²) in [6.45, 7) is 1.39. The maximum Gasteiger partial charge on any atom is 0.418 e. The molecule has 8 heteroatoms. The number of amides is 2. The third kappa shape index (κ3) is 4.31. The van der Waals surface area contributed by atoms with E-state index in [1.165, 1.54) is 6.07 Å². The highest BCUT2D eigenvalue weighted by Crippen LogP contribution is 2.42. The van der Waals surface area contributed by atoms with Crippen LogP contribution in [0.2, 0.25) is 5.02 Å². The molecule has 1 saturated carbocycles. The number of nitrogens with one attached hydrogen (secondary N) is 1. The molecule has 1 N–H and O–H groups in total. The third-order valence-electron chi connectivity index (χ3n) is 4.91. The van der Waals surface area contributed by atoms with Crippen LogP contribution in [0.5, 0.6) is 0 Å². The van der Waals surface area contributed by atoms with Gasteiger partial charge in [-0.2, -0.15) is 13.2 Å². The molecular formula is C18H20ClF3N2O2. The monoisotopic (exact) mass is 388 g/mol. The summed E-state index contributed by atoms with van der Waals surface area (Å²) in [6.07, 6.45) is -0.150. The molecule has 2 fully saturated rings. The number of rotatable bonds is 3. The van der Waals surface area contributed by atoms with Crippen LogP contribution in [-0.2, 0) is 15.8 Å². The smallest absolute Gasteiger partial charge is 0.342 e. The lowest BCUT2D eigenvalue weighted by atomic mass is 10.1. The second kappa shape index (κ2) is 7.47. The third-order valence-corrected chi connectivity index (χ3v) is 5.14. The summed E-state index contributed by atoms with van der Waals surface area (Å²) in [4.78, 5) is 26.6. The van der Waals surface area contributed by atoms with E-state index in [2.05, 4.69) is 5.32 Å². The molecule has 0 spiro atoms. The second-order valence-corrected chi connectivity index (χ2v) is 7.30. The molecule has 1 aromatic carbocycles. The molecule has 2 atom stereocenters. The van der Waals surface area contributed by atoms with E-state index in [0.717, 1.165) is 37.8 Å². The fourth-order valence-electron chi connectivity index (χ4n) is 3.37. The molecule has 1 aliphatic carbocycles. The van der Waals surface area contributed by atoms with Gasteiger partial charge in [-0.05, 0) is 37.5 Å². The summed E-state index contributed by atoms with van der Waals surface area (Å²) in [5.41, 5.74) is -1.32. The summed E-state index contributed by atoms with van der Waals surface area (Å²) < 4.78 is 39.3. The predicted molar refractivity (Wildman–Crippen MR) is 91.7 cm³/mol. The van der Waals surface area contributed by atoms with Crippen molar-refractivity contribution in [1.29, 1.82) is 0 Å². The summed E-state index contributed by atoms with van der Waals surface area (Å²) in [6, 6.07) is 3.21. The van der Waals surface area contributed by atoms with Gasteiger partial charge in [0.15, 0.2) is 0 Å². The van der Waals surface area contributed by atoms with Crippen LogP contribution in [-0.4, -0.2) is 29.8 Å². The first kappa shape index (κ1) is 19.0. The Bertz CT molecular complexity index is 700. The molecule has 0 bridgehead atoms. The van der Waals surface area contributed by atoms with Crippen LogP contribution in [0, 0.1) is 11.8 Å². The molecule has 26 heavy (non-hydrogen) atoms. The number of carbonyl (C=O) groups is 2. The average molecular weight is 389 g/mol. The minimum absolute atomic E-state index is 0.0563. The Hall–Kier alpha value is -1.76. The van der Waals surface area contributed by atoms with Crippen molar-refractivity contribution < 1.29 is 22.8 Å². The van der Waals surface area contributed by atoms with Gasteiger partial charge in [0.2, 0.25) is 11.8 Å². The van der Waals surface area contributed by atoms with Crippen LogP contribution in [0.3, 0.4) is 0 Å². The first-order valence-electron chi connectivity index (χ1n) is 8.74. The second-order valence-electron chi connectivity index (χ2n) is 6.87. The lowest BCUT2D eigenvalue weighted by Crippen LogP contribution is -2.34. The first-order valence-corrected chi connectivity index (χ1v) is 9.11. The van der Waals surface area contributed by atoms with Gasteiger partial charge < -0.3 is 10.2 Å². The zero-order valence-corrected chi connectivity index (χ0v) is 14.9. The normalized spacial score (nSPS) is 23.3. The van der Waals surface area contributed by atoms with Gasteiger partial charge >= 0.3 is 6.18 Å². The molecule has 2 aliphatic rings. The minimum Gasteiger partial charge on any atom is -0.342 e. The largest absolute Gasteiger partial charge is 0.418 e. The van der Waals surface area contributed by atoms with Gasteiger partial charge in [-0.3, -0.25) is 9.59 Å². The molecule has 3 rings (SSSR count). The van der Waals surface area contributed by atoms with Crippen molar-refractivity contribution in [3.63, 3.8) is 0 Å². The number of hydrogen-bond acceptors (Lipinski definition) is 2. The van der Waals surface area contributed by atoms with E-state index in [-0.39, 0.29) is 16.6 Å². The van der Waals surface area contributed by atoms with Crippen molar-refractivity contribution in [2.45, 2.75) is 38.3 Å². The Labute approximate surface area is 154 Å². The molecule has 4 nitrogen and oxygen atoms in total. The number of likely N-dealkylation sites (tertiary alicyclic amines) is 1. The molecule has 0 aromatic heterocycles. The zero-order chi connectivity index (χ0) is 18.9. The maximum absolute atomic E-state index is 13.1. The van der Waals surface area contributed by atoms with Crippen molar-refractivity contribution in [3.05, 3.63) is 28.8 Å². The van der Waals surface area contributed by atoms with Crippen molar-refractivity contribution in [1.82, 2.24) is 4.90 Å². The fourth-order valence-corrected chi connectivity index (χ4v) is 3.54. The number of alkyl halides is 3. The summed E-state index contributed by atoms with van der Waals surface area (Å²) in [7, 11) is 0. The summed E-state index contributed by atoms with van der Waals surface area (Å²) in [5, 5.41) is 2.26. The lowest BCUT2D eigenvalue weighted by Gasteiger charge is -2.20. The Balaban J connectivity index is 1.64. The lowest BCUT2D eigenvalue weighted by molar-refractivity contribution is -0.137. The van der Waals surface area contributed by atoms with Gasteiger partial charge in [-0.1, -0.05) is 24.4 Å². The van der Waals surface area contributed by atoms with E-state index in [1.807, 2.05) is 0 Å². The SMILES string of the molecule is O=C(Nc1ccc(Cl)cc1C(F)(F)F)C1CC1C(=O)N1CCCCCC1. The Morgan fingerprint density at radius 2 is 1.73 bits per heavy atom. The number of hydrogen-bond donors (Lipinski definition) is 1. The van der Waals surface area contributed by atoms with E-state index in [4.69, 9.17) is 11.6 Å². The number of carbonyl (C=O) groups excluding carboxylic acids is 2. The van der Waals surface area contributed by atoms with E-state index in [0.29, 0.717) is 19.5 Å². The van der Waals surface area contributed by atoms with Crippen LogP contribution in [0.25, 0.3) is 0 Å². The van der Waals surface area contributed by atoms with Gasteiger partial charge in [0, 0.05) is 18.1 Å². The molecule has 1 heterocycles. The van der Waals surface area contributed by atoms with Crippen LogP contribution in [0.4, 0.5) is 18.9 Å². The zero-order valence-electron chi connectivity index (χ0n) is 14.1. The molecular weight excluding hydrogens is 369 g/mol. The first-order chi connectivity index (χ1) is 12.3. The highest BCUT2D eigenvalue weighted by molar-refractivity contribution is 6.30. The fraction of sp³-hybridized carbons (Fsp3) is 0.556. The van der Waals surface area contributed by atoms with Crippen LogP contribution in [0.15, 0.2) is 18.2 Å². The van der Waals surface area contributed by atoms with E-state index in [9.17, 15) is 22.8 Å². The highest BCUT2D eigenvalue weighted by atomic mass is 35.5. The molecule has 0 radical (unpaired) electrons. The van der Waals surface area contributed by atoms with Gasteiger partial charge in [0.25, 0.3) is 0 Å². The quantitative estimate of drug-likeness (QED) is 0.837. The molecule has 2 amide bonds. The van der Waals surface area contributed by atoms with Crippen LogP contribution in [0.1, 0.15) is 37.7 Å². The van der Waals surface area contributed by atoms with Crippen molar-refractivity contribution in [2.75, 3.05) is 18.4 Å². The van der Waals surface area contributed by atoms with Gasteiger partial charge in [0.1, 0.15) is 0 Å². The number of benzene rings is 1. The molecule has 1 aliphatic heterocycles. The molecule has 2 unspecified atom stereocenters. The minimum atomic E-state index is -4.63. The average Bonchev–Trinajstić information content (AvgIpc) is 3.39. The molecule has 1 saturated heterocycles. The van der Waals surface area contributed by atoms with Crippen LogP contribution >= 0.6 is 11.6 Å². The van der Waals surface area contributed by atoms with E-state index in [1.54, 1.807) is 4.90 Å². The van der Waals surface area contributed by atoms with Crippen molar-refractivity contribution >= 4 is 29.1 Å². The van der Waals surface area contributed by atoms with Gasteiger partial charge in [-0.25, -0.2) is 0 Å². The number of nitrogens with zero attached hydrogens (tertiary/aromatic N) is 1. The van der Waals surface area contributed by atoms with Gasteiger partial charge in [0.05, 0.1) is 23.1 Å². The predicted octanol–water partition coefficient (Wildman–Crippen LogP) is 4.34.